The molecule has 14 heavy (non-hydrogen) atoms. The molecule has 5 heteroatoms. The summed E-state index contributed by atoms with van der Waals surface area (Å²) >= 11 is 0. The van der Waals surface area contributed by atoms with Crippen LogP contribution in [0.4, 0.5) is 0 Å². The number of aromatic nitrogens is 3. The van der Waals surface area contributed by atoms with Crippen molar-refractivity contribution in [3.63, 3.8) is 0 Å². The molecule has 4 N–H and O–H groups in total. The number of aliphatic hydroxyl groups is 1. The van der Waals surface area contributed by atoms with Crippen molar-refractivity contribution in [2.75, 3.05) is 6.54 Å². The topological polar surface area (TPSA) is 87.8 Å². The Balaban J connectivity index is 2.51. The van der Waals surface area contributed by atoms with Crippen molar-refractivity contribution >= 4 is 11.2 Å². The summed E-state index contributed by atoms with van der Waals surface area (Å²) in [5.74, 6) is 0.473. The van der Waals surface area contributed by atoms with Crippen LogP contribution in [0.25, 0.3) is 11.2 Å². The number of rotatable bonds is 2. The molecule has 0 radical (unpaired) electrons. The zero-order valence-electron chi connectivity index (χ0n) is 7.86. The smallest absolute Gasteiger partial charge is 0.178 e. The Labute approximate surface area is 81.0 Å². The number of hydrogen-bond donors (Lipinski definition) is 3. The maximum Gasteiger partial charge on any atom is 0.178 e. The van der Waals surface area contributed by atoms with Gasteiger partial charge in [0.25, 0.3) is 0 Å². The molecule has 0 aliphatic carbocycles. The first-order chi connectivity index (χ1) is 6.70. The van der Waals surface area contributed by atoms with Crippen LogP contribution >= 0.6 is 0 Å². The molecular weight excluding hydrogens is 180 g/mol. The van der Waals surface area contributed by atoms with E-state index in [4.69, 9.17) is 5.73 Å². The van der Waals surface area contributed by atoms with E-state index in [2.05, 4.69) is 15.0 Å². The average molecular weight is 192 g/mol. The molecule has 2 rings (SSSR count). The number of imidazole rings is 1. The van der Waals surface area contributed by atoms with Crippen LogP contribution in [0.3, 0.4) is 0 Å². The molecule has 2 aromatic heterocycles. The molecule has 0 spiro atoms. The lowest BCUT2D eigenvalue weighted by Gasteiger charge is -2.00. The molecule has 1 atom stereocenters. The Morgan fingerprint density at radius 1 is 1.50 bits per heavy atom. The van der Waals surface area contributed by atoms with E-state index in [1.165, 1.54) is 0 Å². The van der Waals surface area contributed by atoms with Gasteiger partial charge in [-0.25, -0.2) is 9.97 Å². The summed E-state index contributed by atoms with van der Waals surface area (Å²) in [5, 5.41) is 9.45. The molecule has 0 saturated carbocycles. The molecule has 0 saturated heterocycles. The number of nitrogens with one attached hydrogen (secondary N) is 1. The fraction of sp³-hybridized carbons (Fsp3) is 0.333. The van der Waals surface area contributed by atoms with Crippen molar-refractivity contribution in [3.8, 4) is 0 Å². The monoisotopic (exact) mass is 192 g/mol. The van der Waals surface area contributed by atoms with E-state index in [1.54, 1.807) is 0 Å². The minimum atomic E-state index is -0.746. The van der Waals surface area contributed by atoms with E-state index < -0.39 is 6.10 Å². The highest BCUT2D eigenvalue weighted by Gasteiger charge is 2.10. The largest absolute Gasteiger partial charge is 0.384 e. The van der Waals surface area contributed by atoms with Crippen LogP contribution in [-0.2, 0) is 0 Å². The number of aromatic amines is 1. The Bertz CT molecular complexity index is 451. The first kappa shape index (κ1) is 9.11. The van der Waals surface area contributed by atoms with Gasteiger partial charge in [0.15, 0.2) is 5.65 Å². The van der Waals surface area contributed by atoms with Crippen molar-refractivity contribution in [2.24, 2.45) is 5.73 Å². The number of aryl methyl sites for hydroxylation is 1. The number of fused-ring (bicyclic) bond motifs is 1. The van der Waals surface area contributed by atoms with E-state index in [0.717, 1.165) is 11.2 Å². The van der Waals surface area contributed by atoms with Gasteiger partial charge < -0.3 is 15.8 Å². The first-order valence-corrected chi connectivity index (χ1v) is 4.42. The molecule has 5 nitrogen and oxygen atoms in total. The van der Waals surface area contributed by atoms with Gasteiger partial charge in [-0.3, -0.25) is 0 Å². The average Bonchev–Trinajstić information content (AvgIpc) is 2.59. The summed E-state index contributed by atoms with van der Waals surface area (Å²) < 4.78 is 0. The zero-order chi connectivity index (χ0) is 10.1. The van der Waals surface area contributed by atoms with Crippen molar-refractivity contribution in [1.82, 2.24) is 15.0 Å². The Morgan fingerprint density at radius 3 is 3.00 bits per heavy atom. The fourth-order valence-electron chi connectivity index (χ4n) is 1.28. The lowest BCUT2D eigenvalue weighted by molar-refractivity contribution is 0.178. The number of H-pyrrole nitrogens is 1. The van der Waals surface area contributed by atoms with Crippen molar-refractivity contribution < 1.29 is 5.11 Å². The van der Waals surface area contributed by atoms with Crippen LogP contribution in [-0.4, -0.2) is 26.6 Å². The van der Waals surface area contributed by atoms with Crippen molar-refractivity contribution in [2.45, 2.75) is 13.0 Å². The van der Waals surface area contributed by atoms with E-state index in [0.29, 0.717) is 11.5 Å². The summed E-state index contributed by atoms with van der Waals surface area (Å²) in [6.07, 6.45) is -0.746. The lowest BCUT2D eigenvalue weighted by atomic mass is 10.3. The van der Waals surface area contributed by atoms with E-state index in [9.17, 15) is 5.11 Å². The number of hydrogen-bond acceptors (Lipinski definition) is 4. The second-order valence-corrected chi connectivity index (χ2v) is 3.20. The molecule has 2 aromatic rings. The predicted molar refractivity (Wildman–Crippen MR) is 52.6 cm³/mol. The lowest BCUT2D eigenvalue weighted by Crippen LogP contribution is -2.12. The summed E-state index contributed by atoms with van der Waals surface area (Å²) in [4.78, 5) is 11.3. The quantitative estimate of drug-likeness (QED) is 0.636. The molecule has 0 aliphatic rings. The molecular formula is C9H12N4O. The van der Waals surface area contributed by atoms with Gasteiger partial charge >= 0.3 is 0 Å². The third-order valence-corrected chi connectivity index (χ3v) is 2.04. The standard InChI is InChI=1S/C9H12N4O/c1-5-2-3-6-8(11-5)13-9(12-6)7(14)4-10/h2-3,7,14H,4,10H2,1H3,(H,11,12,13). The van der Waals surface area contributed by atoms with E-state index in [-0.39, 0.29) is 6.54 Å². The van der Waals surface area contributed by atoms with Crippen LogP contribution < -0.4 is 5.73 Å². The van der Waals surface area contributed by atoms with Crippen LogP contribution in [0.1, 0.15) is 17.6 Å². The second-order valence-electron chi connectivity index (χ2n) is 3.20. The molecule has 0 fully saturated rings. The summed E-state index contributed by atoms with van der Waals surface area (Å²) in [7, 11) is 0. The van der Waals surface area contributed by atoms with Crippen LogP contribution in [0, 0.1) is 6.92 Å². The number of aliphatic hydroxyl groups excluding tert-OH is 1. The van der Waals surface area contributed by atoms with Gasteiger partial charge in [-0.1, -0.05) is 0 Å². The number of nitrogens with two attached hydrogens (primary N) is 1. The second kappa shape index (κ2) is 3.36. The highest BCUT2D eigenvalue weighted by atomic mass is 16.3. The zero-order valence-corrected chi connectivity index (χ0v) is 7.86. The Hall–Kier alpha value is -1.46. The van der Waals surface area contributed by atoms with Gasteiger partial charge in [-0.2, -0.15) is 0 Å². The Kier molecular flexibility index (Phi) is 2.18. The normalized spacial score (nSPS) is 13.4. The SMILES string of the molecule is Cc1ccc2[nH]c(C(O)CN)nc2n1. The van der Waals surface area contributed by atoms with Crippen molar-refractivity contribution in [1.29, 1.82) is 0 Å². The third-order valence-electron chi connectivity index (χ3n) is 2.04. The molecule has 74 valence electrons. The van der Waals surface area contributed by atoms with Gasteiger partial charge in [-0.05, 0) is 19.1 Å². The first-order valence-electron chi connectivity index (χ1n) is 4.42. The van der Waals surface area contributed by atoms with E-state index in [1.807, 2.05) is 19.1 Å². The van der Waals surface area contributed by atoms with Crippen LogP contribution in [0.2, 0.25) is 0 Å². The minimum Gasteiger partial charge on any atom is -0.384 e. The molecule has 0 aromatic carbocycles. The summed E-state index contributed by atoms with van der Waals surface area (Å²) in [6.45, 7) is 2.05. The predicted octanol–water partition coefficient (Wildman–Crippen LogP) is 0.258. The summed E-state index contributed by atoms with van der Waals surface area (Å²) in [6, 6.07) is 3.77. The van der Waals surface area contributed by atoms with Gasteiger partial charge in [0.05, 0.1) is 5.52 Å². The third kappa shape index (κ3) is 1.47. The fourth-order valence-corrected chi connectivity index (χ4v) is 1.28. The van der Waals surface area contributed by atoms with Crippen LogP contribution in [0.5, 0.6) is 0 Å². The van der Waals surface area contributed by atoms with Gasteiger partial charge in [0, 0.05) is 12.2 Å². The minimum absolute atomic E-state index is 0.152. The molecule has 0 aliphatic heterocycles. The number of nitrogens with zero attached hydrogens (tertiary/aromatic N) is 2. The number of pyridine rings is 1. The van der Waals surface area contributed by atoms with E-state index >= 15 is 0 Å². The van der Waals surface area contributed by atoms with Gasteiger partial charge in [0.2, 0.25) is 0 Å². The highest BCUT2D eigenvalue weighted by Crippen LogP contribution is 2.13. The van der Waals surface area contributed by atoms with Gasteiger partial charge in [0.1, 0.15) is 11.9 Å². The molecule has 1 unspecified atom stereocenters. The summed E-state index contributed by atoms with van der Waals surface area (Å²) in [5.41, 5.74) is 7.66. The van der Waals surface area contributed by atoms with Gasteiger partial charge in [-0.15, -0.1) is 0 Å². The maximum absolute atomic E-state index is 9.45. The Morgan fingerprint density at radius 2 is 2.29 bits per heavy atom. The highest BCUT2D eigenvalue weighted by molar-refractivity contribution is 5.70. The van der Waals surface area contributed by atoms with Crippen molar-refractivity contribution in [3.05, 3.63) is 23.7 Å². The van der Waals surface area contributed by atoms with Crippen LogP contribution in [0.15, 0.2) is 12.1 Å². The molecule has 0 bridgehead atoms. The molecule has 2 heterocycles. The maximum atomic E-state index is 9.45. The molecule has 0 amide bonds.